The van der Waals surface area contributed by atoms with Crippen molar-refractivity contribution in [2.45, 2.75) is 63.8 Å². The quantitative estimate of drug-likeness (QED) is 0.152. The maximum Gasteiger partial charge on any atom is 0.222 e. The van der Waals surface area contributed by atoms with Gasteiger partial charge in [0, 0.05) is 57.6 Å². The Balaban J connectivity index is 1.61. The summed E-state index contributed by atoms with van der Waals surface area (Å²) >= 11 is 0. The van der Waals surface area contributed by atoms with E-state index < -0.39 is 17.9 Å². The number of fused-ring (bicyclic) bond motifs is 1. The average molecular weight is 607 g/mol. The van der Waals surface area contributed by atoms with Gasteiger partial charge in [0.05, 0.1) is 23.1 Å². The summed E-state index contributed by atoms with van der Waals surface area (Å²) in [6, 6.07) is 14.0. The number of aryl methyl sites for hydroxylation is 1. The number of pyridine rings is 2. The number of hydrogen-bond acceptors (Lipinski definition) is 7. The lowest BCUT2D eigenvalue weighted by Gasteiger charge is -2.20. The van der Waals surface area contributed by atoms with Crippen LogP contribution in [-0.2, 0) is 32.6 Å². The molecule has 0 bridgehead atoms. The van der Waals surface area contributed by atoms with Gasteiger partial charge < -0.3 is 18.9 Å². The van der Waals surface area contributed by atoms with Gasteiger partial charge in [-0.2, -0.15) is 0 Å². The van der Waals surface area contributed by atoms with Gasteiger partial charge >= 0.3 is 0 Å². The summed E-state index contributed by atoms with van der Waals surface area (Å²) in [5.74, 6) is 1.12. The van der Waals surface area contributed by atoms with E-state index in [1.54, 1.807) is 12.3 Å². The Morgan fingerprint density at radius 2 is 1.88 bits per heavy atom. The Bertz CT molecular complexity index is 1700. The first-order valence-electron chi connectivity index (χ1n) is 14.2. The van der Waals surface area contributed by atoms with E-state index in [-0.39, 0.29) is 10.9 Å². The molecule has 0 aliphatic carbocycles. The van der Waals surface area contributed by atoms with Gasteiger partial charge in [0.1, 0.15) is 18.2 Å². The number of amides is 1. The van der Waals surface area contributed by atoms with Crippen molar-refractivity contribution < 1.29 is 22.7 Å². The molecule has 0 N–H and O–H groups in total. The van der Waals surface area contributed by atoms with Crippen LogP contribution < -0.4 is 4.74 Å². The van der Waals surface area contributed by atoms with Crippen LogP contribution in [0.25, 0.3) is 22.3 Å². The van der Waals surface area contributed by atoms with Gasteiger partial charge in [-0.25, -0.2) is 13.4 Å². The molecule has 42 heavy (non-hydrogen) atoms. The fourth-order valence-corrected chi connectivity index (χ4v) is 6.47. The second-order valence-corrected chi connectivity index (χ2v) is 19.7. The smallest absolute Gasteiger partial charge is 0.222 e. The van der Waals surface area contributed by atoms with E-state index in [0.29, 0.717) is 44.3 Å². The fraction of sp³-hybridized carbons (Fsp3) is 0.387. The summed E-state index contributed by atoms with van der Waals surface area (Å²) in [4.78, 5) is 23.2. The molecule has 5 rings (SSSR count). The molecule has 4 aromatic rings. The van der Waals surface area contributed by atoms with E-state index in [2.05, 4.69) is 47.2 Å². The van der Waals surface area contributed by atoms with Crippen molar-refractivity contribution in [3.63, 3.8) is 0 Å². The molecule has 0 unspecified atom stereocenters. The summed E-state index contributed by atoms with van der Waals surface area (Å²) in [6.07, 6.45) is 5.69. The first-order chi connectivity index (χ1) is 19.9. The molecule has 1 fully saturated rings. The molecule has 1 aliphatic heterocycles. The molecule has 9 nitrogen and oxygen atoms in total. The SMILES string of the molecule is Cc1c(-c2ccccn2)n(COCC[Si](C)(C)C)c2cc(CN3CCCC3=O)c(Oc3ccc(S(C)(=O)=O)nc3)cc12. The van der Waals surface area contributed by atoms with Gasteiger partial charge in [0.2, 0.25) is 5.91 Å². The van der Waals surface area contributed by atoms with Crippen LogP contribution in [0.3, 0.4) is 0 Å². The van der Waals surface area contributed by atoms with Crippen LogP contribution in [-0.4, -0.2) is 61.2 Å². The highest BCUT2D eigenvalue weighted by Gasteiger charge is 2.25. The number of hydrogen-bond donors (Lipinski definition) is 0. The standard InChI is InChI=1S/C31H38N4O5SSi/c1-22-25-18-28(40-24-11-12-29(33-19-24)41(2,37)38)23(20-34-14-8-10-30(34)36)17-27(25)35(21-39-15-16-42(3,4)5)31(22)26-9-6-7-13-32-26/h6-7,9,11-13,17-19H,8,10,14-16,20-21H2,1-5H3. The number of ether oxygens (including phenoxy) is 2. The molecule has 1 aliphatic rings. The lowest BCUT2D eigenvalue weighted by molar-refractivity contribution is -0.128. The Labute approximate surface area is 248 Å². The van der Waals surface area contributed by atoms with Crippen molar-refractivity contribution in [3.8, 4) is 22.9 Å². The lowest BCUT2D eigenvalue weighted by atomic mass is 10.1. The number of rotatable bonds is 11. The number of sulfone groups is 1. The molecule has 4 heterocycles. The van der Waals surface area contributed by atoms with Crippen molar-refractivity contribution >= 4 is 34.7 Å². The van der Waals surface area contributed by atoms with E-state index in [1.807, 2.05) is 29.2 Å². The molecular weight excluding hydrogens is 569 g/mol. The molecule has 222 valence electrons. The summed E-state index contributed by atoms with van der Waals surface area (Å²) in [5.41, 5.74) is 4.67. The van der Waals surface area contributed by atoms with Crippen LogP contribution in [0.4, 0.5) is 0 Å². The maximum atomic E-state index is 12.6. The zero-order chi connectivity index (χ0) is 30.1. The first-order valence-corrected chi connectivity index (χ1v) is 19.8. The number of benzene rings is 1. The minimum Gasteiger partial charge on any atom is -0.455 e. The van der Waals surface area contributed by atoms with Gasteiger partial charge in [0.25, 0.3) is 0 Å². The molecule has 0 spiro atoms. The highest BCUT2D eigenvalue weighted by molar-refractivity contribution is 7.90. The van der Waals surface area contributed by atoms with Crippen molar-refractivity contribution in [1.29, 1.82) is 0 Å². The van der Waals surface area contributed by atoms with E-state index in [4.69, 9.17) is 9.47 Å². The van der Waals surface area contributed by atoms with Crippen LogP contribution in [0.1, 0.15) is 24.0 Å². The minimum absolute atomic E-state index is 0.0183. The van der Waals surface area contributed by atoms with E-state index in [1.165, 1.54) is 12.3 Å². The van der Waals surface area contributed by atoms with Crippen molar-refractivity contribution in [2.24, 2.45) is 0 Å². The zero-order valence-corrected chi connectivity index (χ0v) is 26.7. The van der Waals surface area contributed by atoms with Crippen molar-refractivity contribution in [3.05, 3.63) is 66.0 Å². The van der Waals surface area contributed by atoms with Crippen molar-refractivity contribution in [1.82, 2.24) is 19.4 Å². The summed E-state index contributed by atoms with van der Waals surface area (Å²) in [7, 11) is -4.69. The Morgan fingerprint density at radius 3 is 2.50 bits per heavy atom. The van der Waals surface area contributed by atoms with Gasteiger partial charge in [-0.05, 0) is 61.4 Å². The second kappa shape index (κ2) is 12.0. The first kappa shape index (κ1) is 29.9. The second-order valence-electron chi connectivity index (χ2n) is 12.1. The van der Waals surface area contributed by atoms with Crippen LogP contribution in [0, 0.1) is 6.92 Å². The lowest BCUT2D eigenvalue weighted by Crippen LogP contribution is -2.24. The summed E-state index contributed by atoms with van der Waals surface area (Å²) in [6.45, 7) is 11.2. The Morgan fingerprint density at radius 1 is 1.07 bits per heavy atom. The molecule has 0 atom stereocenters. The highest BCUT2D eigenvalue weighted by atomic mass is 32.2. The molecule has 1 saturated heterocycles. The van der Waals surface area contributed by atoms with Gasteiger partial charge in [0.15, 0.2) is 14.9 Å². The maximum absolute atomic E-state index is 12.6. The predicted molar refractivity (Wildman–Crippen MR) is 166 cm³/mol. The monoisotopic (exact) mass is 606 g/mol. The molecular formula is C31H38N4O5SSi. The third kappa shape index (κ3) is 6.74. The van der Waals surface area contributed by atoms with Gasteiger partial charge in [-0.15, -0.1) is 0 Å². The summed E-state index contributed by atoms with van der Waals surface area (Å²) in [5, 5.41) is 0.965. The summed E-state index contributed by atoms with van der Waals surface area (Å²) < 4.78 is 38.6. The van der Waals surface area contributed by atoms with Crippen LogP contribution in [0.15, 0.2) is 59.9 Å². The van der Waals surface area contributed by atoms with E-state index >= 15 is 0 Å². The van der Waals surface area contributed by atoms with Crippen molar-refractivity contribution in [2.75, 3.05) is 19.4 Å². The largest absolute Gasteiger partial charge is 0.455 e. The van der Waals surface area contributed by atoms with Crippen LogP contribution >= 0.6 is 0 Å². The van der Waals surface area contributed by atoms with E-state index in [0.717, 1.165) is 52.1 Å². The Hall–Kier alpha value is -3.54. The van der Waals surface area contributed by atoms with Crippen LogP contribution in [0.2, 0.25) is 25.7 Å². The zero-order valence-electron chi connectivity index (χ0n) is 24.9. The fourth-order valence-electron chi connectivity index (χ4n) is 5.16. The number of likely N-dealkylation sites (tertiary alicyclic amines) is 1. The van der Waals surface area contributed by atoms with Crippen LogP contribution in [0.5, 0.6) is 11.5 Å². The van der Waals surface area contributed by atoms with E-state index in [9.17, 15) is 13.2 Å². The molecule has 0 radical (unpaired) electrons. The molecule has 1 amide bonds. The third-order valence-electron chi connectivity index (χ3n) is 7.47. The molecule has 0 saturated carbocycles. The van der Waals surface area contributed by atoms with Gasteiger partial charge in [-0.1, -0.05) is 25.7 Å². The predicted octanol–water partition coefficient (Wildman–Crippen LogP) is 6.04. The van der Waals surface area contributed by atoms with Gasteiger partial charge in [-0.3, -0.25) is 9.78 Å². The number of carbonyl (C=O) groups is 1. The number of carbonyl (C=O) groups excluding carboxylic acids is 1. The minimum atomic E-state index is -3.43. The number of nitrogens with zero attached hydrogens (tertiary/aromatic N) is 4. The Kier molecular flexibility index (Phi) is 8.54. The molecule has 1 aromatic carbocycles. The normalized spacial score (nSPS) is 14.2. The highest BCUT2D eigenvalue weighted by Crippen LogP contribution is 2.38. The third-order valence-corrected chi connectivity index (χ3v) is 10.2. The molecule has 3 aromatic heterocycles. The molecule has 11 heteroatoms. The average Bonchev–Trinajstić information content (AvgIpc) is 3.46. The topological polar surface area (TPSA) is 104 Å². The number of aromatic nitrogens is 3.